The fourth-order valence-corrected chi connectivity index (χ4v) is 1.73. The number of anilines is 1. The van der Waals surface area contributed by atoms with Crippen LogP contribution in [0.5, 0.6) is 5.75 Å². The molecular weight excluding hydrogens is 248 g/mol. The summed E-state index contributed by atoms with van der Waals surface area (Å²) in [5, 5.41) is 0. The highest BCUT2D eigenvalue weighted by atomic mass is 19.1. The molecule has 2 aromatic rings. The second-order valence-electron chi connectivity index (χ2n) is 4.50. The van der Waals surface area contributed by atoms with Crippen LogP contribution in [0, 0.1) is 25.5 Å². The van der Waals surface area contributed by atoms with Gasteiger partial charge in [0.2, 0.25) is 0 Å². The Balaban J connectivity index is 2.19. The van der Waals surface area contributed by atoms with E-state index in [0.29, 0.717) is 11.3 Å². The largest absolute Gasteiger partial charge is 0.486 e. The smallest absolute Gasteiger partial charge is 0.167 e. The first-order chi connectivity index (χ1) is 8.97. The van der Waals surface area contributed by atoms with Crippen LogP contribution in [0.3, 0.4) is 0 Å². The van der Waals surface area contributed by atoms with E-state index in [1.807, 2.05) is 6.92 Å². The molecule has 2 N–H and O–H groups in total. The Bertz CT molecular complexity index is 611. The number of hydrogen-bond donors (Lipinski definition) is 1. The van der Waals surface area contributed by atoms with Gasteiger partial charge in [-0.15, -0.1) is 0 Å². The van der Waals surface area contributed by atoms with Crippen LogP contribution < -0.4 is 10.5 Å². The average molecular weight is 263 g/mol. The molecule has 0 unspecified atom stereocenters. The van der Waals surface area contributed by atoms with E-state index in [2.05, 4.69) is 0 Å². The molecule has 0 saturated heterocycles. The molecular formula is C15H15F2NO. The van der Waals surface area contributed by atoms with Gasteiger partial charge < -0.3 is 10.5 Å². The van der Waals surface area contributed by atoms with Gasteiger partial charge in [-0.3, -0.25) is 0 Å². The lowest BCUT2D eigenvalue weighted by molar-refractivity contribution is 0.289. The molecule has 0 saturated carbocycles. The van der Waals surface area contributed by atoms with Gasteiger partial charge in [0.15, 0.2) is 11.6 Å². The van der Waals surface area contributed by atoms with Crippen molar-refractivity contribution in [2.45, 2.75) is 20.5 Å². The van der Waals surface area contributed by atoms with Crippen LogP contribution in [0.2, 0.25) is 0 Å². The second-order valence-corrected chi connectivity index (χ2v) is 4.50. The Morgan fingerprint density at radius 3 is 2.53 bits per heavy atom. The SMILES string of the molecule is Cc1cc(OCc2cc(F)ccc2C)c(F)cc1N. The van der Waals surface area contributed by atoms with Crippen molar-refractivity contribution in [1.82, 2.24) is 0 Å². The minimum atomic E-state index is -0.517. The lowest BCUT2D eigenvalue weighted by Gasteiger charge is -2.11. The van der Waals surface area contributed by atoms with E-state index in [4.69, 9.17) is 10.5 Å². The molecule has 2 rings (SSSR count). The van der Waals surface area contributed by atoms with E-state index in [1.165, 1.54) is 18.2 Å². The number of ether oxygens (including phenoxy) is 1. The van der Waals surface area contributed by atoms with Crippen LogP contribution >= 0.6 is 0 Å². The molecule has 0 aliphatic rings. The molecule has 19 heavy (non-hydrogen) atoms. The Morgan fingerprint density at radius 2 is 1.79 bits per heavy atom. The lowest BCUT2D eigenvalue weighted by atomic mass is 10.1. The summed E-state index contributed by atoms with van der Waals surface area (Å²) in [6.45, 7) is 3.74. The normalized spacial score (nSPS) is 10.5. The van der Waals surface area contributed by atoms with Crippen LogP contribution in [0.4, 0.5) is 14.5 Å². The van der Waals surface area contributed by atoms with Crippen molar-refractivity contribution in [3.8, 4) is 5.75 Å². The highest BCUT2D eigenvalue weighted by Crippen LogP contribution is 2.24. The average Bonchev–Trinajstić information content (AvgIpc) is 2.36. The summed E-state index contributed by atoms with van der Waals surface area (Å²) in [5.41, 5.74) is 8.31. The van der Waals surface area contributed by atoms with Gasteiger partial charge in [0.1, 0.15) is 12.4 Å². The molecule has 0 atom stereocenters. The summed E-state index contributed by atoms with van der Waals surface area (Å²) >= 11 is 0. The molecule has 100 valence electrons. The van der Waals surface area contributed by atoms with Crippen molar-refractivity contribution in [1.29, 1.82) is 0 Å². The molecule has 4 heteroatoms. The first-order valence-corrected chi connectivity index (χ1v) is 5.91. The van der Waals surface area contributed by atoms with Gasteiger partial charge in [0, 0.05) is 11.8 Å². The van der Waals surface area contributed by atoms with Crippen molar-refractivity contribution in [3.63, 3.8) is 0 Å². The Kier molecular flexibility index (Phi) is 3.69. The van der Waals surface area contributed by atoms with Crippen LogP contribution in [0.25, 0.3) is 0 Å². The van der Waals surface area contributed by atoms with Crippen molar-refractivity contribution >= 4 is 5.69 Å². The third kappa shape index (κ3) is 3.02. The van der Waals surface area contributed by atoms with Gasteiger partial charge >= 0.3 is 0 Å². The number of rotatable bonds is 3. The van der Waals surface area contributed by atoms with Gasteiger partial charge in [-0.25, -0.2) is 8.78 Å². The molecule has 0 aliphatic carbocycles. The quantitative estimate of drug-likeness (QED) is 0.856. The van der Waals surface area contributed by atoms with Crippen molar-refractivity contribution < 1.29 is 13.5 Å². The number of aryl methyl sites for hydroxylation is 2. The summed E-state index contributed by atoms with van der Waals surface area (Å²) in [5.74, 6) is -0.731. The number of nitrogen functional groups attached to an aromatic ring is 1. The molecule has 2 aromatic carbocycles. The van der Waals surface area contributed by atoms with Gasteiger partial charge in [-0.1, -0.05) is 6.07 Å². The predicted octanol–water partition coefficient (Wildman–Crippen LogP) is 3.74. The minimum Gasteiger partial charge on any atom is -0.486 e. The third-order valence-electron chi connectivity index (χ3n) is 3.01. The van der Waals surface area contributed by atoms with E-state index >= 15 is 0 Å². The number of nitrogens with two attached hydrogens (primary N) is 1. The third-order valence-corrected chi connectivity index (χ3v) is 3.01. The molecule has 0 bridgehead atoms. The van der Waals surface area contributed by atoms with Crippen LogP contribution in [0.1, 0.15) is 16.7 Å². The van der Waals surface area contributed by atoms with Crippen molar-refractivity contribution in [2.75, 3.05) is 5.73 Å². The number of hydrogen-bond acceptors (Lipinski definition) is 2. The molecule has 0 amide bonds. The van der Waals surface area contributed by atoms with Crippen molar-refractivity contribution in [3.05, 3.63) is 58.7 Å². The number of benzene rings is 2. The van der Waals surface area contributed by atoms with E-state index in [1.54, 1.807) is 19.1 Å². The summed E-state index contributed by atoms with van der Waals surface area (Å²) in [6.07, 6.45) is 0. The second kappa shape index (κ2) is 5.26. The first-order valence-electron chi connectivity index (χ1n) is 5.91. The zero-order chi connectivity index (χ0) is 14.0. The minimum absolute atomic E-state index is 0.115. The van der Waals surface area contributed by atoms with E-state index in [-0.39, 0.29) is 18.2 Å². The van der Waals surface area contributed by atoms with Crippen LogP contribution in [0.15, 0.2) is 30.3 Å². The van der Waals surface area contributed by atoms with E-state index in [0.717, 1.165) is 11.1 Å². The standard InChI is InChI=1S/C15H15F2NO/c1-9-3-4-12(16)6-11(9)8-19-15-5-10(2)14(18)7-13(15)17/h3-7H,8,18H2,1-2H3. The molecule has 0 aromatic heterocycles. The van der Waals surface area contributed by atoms with Gasteiger partial charge in [0.05, 0.1) is 0 Å². The summed E-state index contributed by atoms with van der Waals surface area (Å²) in [7, 11) is 0. The monoisotopic (exact) mass is 263 g/mol. The molecule has 0 aliphatic heterocycles. The zero-order valence-electron chi connectivity index (χ0n) is 10.8. The highest BCUT2D eigenvalue weighted by Gasteiger charge is 2.08. The maximum Gasteiger partial charge on any atom is 0.167 e. The number of halogens is 2. The summed E-state index contributed by atoms with van der Waals surface area (Å²) < 4.78 is 32.2. The van der Waals surface area contributed by atoms with Crippen LogP contribution in [-0.4, -0.2) is 0 Å². The van der Waals surface area contributed by atoms with Gasteiger partial charge in [-0.2, -0.15) is 0 Å². The fourth-order valence-electron chi connectivity index (χ4n) is 1.73. The van der Waals surface area contributed by atoms with Gasteiger partial charge in [-0.05, 0) is 48.7 Å². The summed E-state index contributed by atoms with van der Waals surface area (Å²) in [6, 6.07) is 7.20. The maximum absolute atomic E-state index is 13.6. The Labute approximate surface area is 110 Å². The van der Waals surface area contributed by atoms with Gasteiger partial charge in [0.25, 0.3) is 0 Å². The predicted molar refractivity (Wildman–Crippen MR) is 71.0 cm³/mol. The molecule has 0 spiro atoms. The van der Waals surface area contributed by atoms with E-state index < -0.39 is 5.82 Å². The Morgan fingerprint density at radius 1 is 1.05 bits per heavy atom. The zero-order valence-corrected chi connectivity index (χ0v) is 10.8. The van der Waals surface area contributed by atoms with Crippen LogP contribution in [-0.2, 0) is 6.61 Å². The fraction of sp³-hybridized carbons (Fsp3) is 0.200. The molecule has 0 radical (unpaired) electrons. The first kappa shape index (κ1) is 13.3. The lowest BCUT2D eigenvalue weighted by Crippen LogP contribution is -2.01. The molecule has 2 nitrogen and oxygen atoms in total. The Hall–Kier alpha value is -2.10. The topological polar surface area (TPSA) is 35.2 Å². The van der Waals surface area contributed by atoms with Crippen molar-refractivity contribution in [2.24, 2.45) is 0 Å². The van der Waals surface area contributed by atoms with E-state index in [9.17, 15) is 8.78 Å². The molecule has 0 fully saturated rings. The highest BCUT2D eigenvalue weighted by molar-refractivity contribution is 5.50. The summed E-state index contributed by atoms with van der Waals surface area (Å²) in [4.78, 5) is 0. The maximum atomic E-state index is 13.6. The molecule has 0 heterocycles.